The molecule has 0 aromatic heterocycles. The Morgan fingerprint density at radius 3 is 2.12 bits per heavy atom. The van der Waals surface area contributed by atoms with Gasteiger partial charge >= 0.3 is 0 Å². The summed E-state index contributed by atoms with van der Waals surface area (Å²) in [6.07, 6.45) is 2.40. The Bertz CT molecular complexity index is 72.5. The largest absolute Gasteiger partial charge is 0.393 e. The van der Waals surface area contributed by atoms with E-state index in [-0.39, 0.29) is 6.10 Å². The Morgan fingerprint density at radius 2 is 2.00 bits per heavy atom. The first-order valence-electron chi connectivity index (χ1n) is 3.38. The lowest BCUT2D eigenvalue weighted by molar-refractivity contribution is 0.0465. The van der Waals surface area contributed by atoms with Crippen molar-refractivity contribution in [2.75, 3.05) is 0 Å². The van der Waals surface area contributed by atoms with E-state index in [4.69, 9.17) is 5.11 Å². The van der Waals surface area contributed by atoms with Crippen LogP contribution in [0.5, 0.6) is 0 Å². The van der Waals surface area contributed by atoms with Crippen LogP contribution in [0.25, 0.3) is 0 Å². The zero-order chi connectivity index (χ0) is 6.15. The van der Waals surface area contributed by atoms with Crippen molar-refractivity contribution in [3.05, 3.63) is 0 Å². The fraction of sp³-hybridized carbons (Fsp3) is 1.00. The fourth-order valence-electron chi connectivity index (χ4n) is 1.36. The van der Waals surface area contributed by atoms with Gasteiger partial charge in [-0.05, 0) is 31.6 Å². The summed E-state index contributed by atoms with van der Waals surface area (Å²) >= 11 is 0. The molecule has 1 aliphatic rings. The van der Waals surface area contributed by atoms with Crippen molar-refractivity contribution < 1.29 is 5.11 Å². The van der Waals surface area contributed by atoms with E-state index >= 15 is 0 Å². The van der Waals surface area contributed by atoms with Crippen molar-refractivity contribution in [3.63, 3.8) is 0 Å². The summed E-state index contributed by atoms with van der Waals surface area (Å²) in [5, 5.41) is 8.99. The van der Waals surface area contributed by atoms with E-state index in [1.165, 1.54) is 12.8 Å². The van der Waals surface area contributed by atoms with Crippen LogP contribution in [-0.4, -0.2) is 11.2 Å². The highest BCUT2D eigenvalue weighted by molar-refractivity contribution is 4.79. The van der Waals surface area contributed by atoms with Gasteiger partial charge in [-0.2, -0.15) is 0 Å². The number of rotatable bonds is 1. The molecule has 0 aromatic carbocycles. The maximum atomic E-state index is 8.99. The topological polar surface area (TPSA) is 20.2 Å². The minimum Gasteiger partial charge on any atom is -0.393 e. The number of aliphatic hydroxyl groups excluding tert-OH is 1. The minimum atomic E-state index is -0.0637. The molecule has 0 bridgehead atoms. The zero-order valence-electron chi connectivity index (χ0n) is 5.59. The van der Waals surface area contributed by atoms with Crippen LogP contribution in [0.15, 0.2) is 0 Å². The third-order valence-corrected chi connectivity index (χ3v) is 2.09. The van der Waals surface area contributed by atoms with Crippen LogP contribution in [-0.2, 0) is 0 Å². The highest BCUT2D eigenvalue weighted by atomic mass is 16.3. The van der Waals surface area contributed by atoms with Crippen LogP contribution in [0.2, 0.25) is 0 Å². The van der Waals surface area contributed by atoms with Crippen molar-refractivity contribution in [1.29, 1.82) is 0 Å². The van der Waals surface area contributed by atoms with Crippen molar-refractivity contribution in [1.82, 2.24) is 0 Å². The van der Waals surface area contributed by atoms with E-state index in [0.29, 0.717) is 5.92 Å². The first-order valence-corrected chi connectivity index (χ1v) is 3.38. The lowest BCUT2D eigenvalue weighted by Gasteiger charge is -2.34. The SMILES string of the molecule is CC1CC([C@H](C)O)C1. The number of hydrogen-bond acceptors (Lipinski definition) is 1. The van der Waals surface area contributed by atoms with Gasteiger partial charge in [0.15, 0.2) is 0 Å². The normalized spacial score (nSPS) is 40.9. The lowest BCUT2D eigenvalue weighted by Crippen LogP contribution is -2.29. The first kappa shape index (κ1) is 6.09. The molecule has 1 N–H and O–H groups in total. The van der Waals surface area contributed by atoms with Crippen LogP contribution < -0.4 is 0 Å². The average molecular weight is 114 g/mol. The van der Waals surface area contributed by atoms with Gasteiger partial charge in [-0.15, -0.1) is 0 Å². The maximum Gasteiger partial charge on any atom is 0.0540 e. The molecule has 1 saturated carbocycles. The van der Waals surface area contributed by atoms with Gasteiger partial charge in [-0.1, -0.05) is 6.92 Å². The monoisotopic (exact) mass is 114 g/mol. The van der Waals surface area contributed by atoms with E-state index in [9.17, 15) is 0 Å². The van der Waals surface area contributed by atoms with E-state index in [1.807, 2.05) is 6.92 Å². The summed E-state index contributed by atoms with van der Waals surface area (Å²) in [6, 6.07) is 0. The molecule has 0 aromatic rings. The Balaban J connectivity index is 2.15. The number of aliphatic hydroxyl groups is 1. The molecular weight excluding hydrogens is 100 g/mol. The molecule has 0 aliphatic heterocycles. The van der Waals surface area contributed by atoms with Gasteiger partial charge in [0, 0.05) is 0 Å². The molecule has 8 heavy (non-hydrogen) atoms. The minimum absolute atomic E-state index is 0.0637. The highest BCUT2D eigenvalue weighted by Gasteiger charge is 2.28. The fourth-order valence-corrected chi connectivity index (χ4v) is 1.36. The predicted molar refractivity (Wildman–Crippen MR) is 33.6 cm³/mol. The molecule has 1 rings (SSSR count). The van der Waals surface area contributed by atoms with Crippen LogP contribution in [0.4, 0.5) is 0 Å². The smallest absolute Gasteiger partial charge is 0.0540 e. The van der Waals surface area contributed by atoms with Crippen LogP contribution in [0.3, 0.4) is 0 Å². The number of hydrogen-bond donors (Lipinski definition) is 1. The van der Waals surface area contributed by atoms with Gasteiger partial charge < -0.3 is 5.11 Å². The quantitative estimate of drug-likeness (QED) is 0.546. The summed E-state index contributed by atoms with van der Waals surface area (Å²) in [5.74, 6) is 1.49. The van der Waals surface area contributed by atoms with Gasteiger partial charge in [0.2, 0.25) is 0 Å². The van der Waals surface area contributed by atoms with Crippen LogP contribution >= 0.6 is 0 Å². The first-order chi connectivity index (χ1) is 3.70. The second-order valence-electron chi connectivity index (χ2n) is 3.08. The summed E-state index contributed by atoms with van der Waals surface area (Å²) in [6.45, 7) is 4.12. The van der Waals surface area contributed by atoms with Crippen molar-refractivity contribution in [2.45, 2.75) is 32.8 Å². The van der Waals surface area contributed by atoms with Crippen LogP contribution in [0, 0.1) is 11.8 Å². The Hall–Kier alpha value is -0.0400. The van der Waals surface area contributed by atoms with Gasteiger partial charge in [-0.25, -0.2) is 0 Å². The third kappa shape index (κ3) is 1.03. The molecule has 0 heterocycles. The molecular formula is C7H14O. The molecule has 1 atom stereocenters. The van der Waals surface area contributed by atoms with Crippen molar-refractivity contribution >= 4 is 0 Å². The van der Waals surface area contributed by atoms with Crippen molar-refractivity contribution in [2.24, 2.45) is 11.8 Å². The molecule has 1 aliphatic carbocycles. The summed E-state index contributed by atoms with van der Waals surface area (Å²) in [4.78, 5) is 0. The van der Waals surface area contributed by atoms with E-state index in [2.05, 4.69) is 6.92 Å². The zero-order valence-corrected chi connectivity index (χ0v) is 5.59. The third-order valence-electron chi connectivity index (χ3n) is 2.09. The Kier molecular flexibility index (Phi) is 1.57. The lowest BCUT2D eigenvalue weighted by atomic mass is 9.73. The molecule has 48 valence electrons. The van der Waals surface area contributed by atoms with Crippen molar-refractivity contribution in [3.8, 4) is 0 Å². The average Bonchev–Trinajstić information content (AvgIpc) is 1.57. The van der Waals surface area contributed by atoms with Gasteiger partial charge in [-0.3, -0.25) is 0 Å². The molecule has 1 nitrogen and oxygen atoms in total. The predicted octanol–water partition coefficient (Wildman–Crippen LogP) is 1.41. The van der Waals surface area contributed by atoms with Gasteiger partial charge in [0.05, 0.1) is 6.10 Å². The summed E-state index contributed by atoms with van der Waals surface area (Å²) in [7, 11) is 0. The van der Waals surface area contributed by atoms with Crippen LogP contribution in [0.1, 0.15) is 26.7 Å². The molecule has 0 unspecified atom stereocenters. The van der Waals surface area contributed by atoms with E-state index < -0.39 is 0 Å². The Morgan fingerprint density at radius 1 is 1.50 bits per heavy atom. The highest BCUT2D eigenvalue weighted by Crippen LogP contribution is 2.35. The Labute approximate surface area is 50.7 Å². The molecule has 0 amide bonds. The molecule has 0 spiro atoms. The summed E-state index contributed by atoms with van der Waals surface area (Å²) in [5.41, 5.74) is 0. The van der Waals surface area contributed by atoms with E-state index in [1.54, 1.807) is 0 Å². The second kappa shape index (κ2) is 2.06. The standard InChI is InChI=1S/C7H14O/c1-5-3-7(4-5)6(2)8/h5-8H,3-4H2,1-2H3/t5?,6-,7?/m0/s1. The van der Waals surface area contributed by atoms with Gasteiger partial charge in [0.25, 0.3) is 0 Å². The second-order valence-corrected chi connectivity index (χ2v) is 3.08. The molecule has 1 heteroatoms. The van der Waals surface area contributed by atoms with E-state index in [0.717, 1.165) is 5.92 Å². The maximum absolute atomic E-state index is 8.99. The molecule has 1 fully saturated rings. The summed E-state index contributed by atoms with van der Waals surface area (Å²) < 4.78 is 0. The molecule has 0 saturated heterocycles. The van der Waals surface area contributed by atoms with Gasteiger partial charge in [0.1, 0.15) is 0 Å². The molecule has 0 radical (unpaired) electrons.